The van der Waals surface area contributed by atoms with Crippen molar-refractivity contribution < 1.29 is 9.59 Å². The van der Waals surface area contributed by atoms with Crippen LogP contribution >= 0.6 is 0 Å². The first-order chi connectivity index (χ1) is 10.0. The van der Waals surface area contributed by atoms with Crippen molar-refractivity contribution in [3.63, 3.8) is 0 Å². The van der Waals surface area contributed by atoms with Gasteiger partial charge in [-0.3, -0.25) is 9.59 Å². The van der Waals surface area contributed by atoms with Gasteiger partial charge >= 0.3 is 0 Å². The summed E-state index contributed by atoms with van der Waals surface area (Å²) in [6, 6.07) is 8.10. The molecule has 4 heteroatoms. The van der Waals surface area contributed by atoms with Crippen LogP contribution in [0.25, 0.3) is 11.1 Å². The molecule has 3 rings (SSSR count). The molecule has 0 saturated carbocycles. The van der Waals surface area contributed by atoms with E-state index in [1.807, 2.05) is 25.1 Å². The van der Waals surface area contributed by atoms with Gasteiger partial charge in [0, 0.05) is 31.5 Å². The number of hydrogen-bond donors (Lipinski definition) is 1. The second-order valence-corrected chi connectivity index (χ2v) is 5.45. The minimum Gasteiger partial charge on any atom is -0.311 e. The van der Waals surface area contributed by atoms with E-state index in [4.69, 9.17) is 0 Å². The number of nitrogens with zero attached hydrogens (tertiary/aromatic N) is 1. The Kier molecular flexibility index (Phi) is 3.29. The maximum Gasteiger partial charge on any atom is 0.222 e. The highest BCUT2D eigenvalue weighted by Gasteiger charge is 2.18. The molecule has 1 amide bonds. The zero-order valence-electron chi connectivity index (χ0n) is 12.1. The molecule has 21 heavy (non-hydrogen) atoms. The monoisotopic (exact) mass is 280 g/mol. The molecule has 106 valence electrons. The zero-order valence-corrected chi connectivity index (χ0v) is 12.1. The number of rotatable bonds is 2. The summed E-state index contributed by atoms with van der Waals surface area (Å²) in [6.45, 7) is 3.38. The minimum atomic E-state index is -0.130. The van der Waals surface area contributed by atoms with Crippen LogP contribution in [0.5, 0.6) is 0 Å². The molecule has 1 aliphatic carbocycles. The Balaban J connectivity index is 1.94. The van der Waals surface area contributed by atoms with Crippen molar-refractivity contribution in [2.75, 3.05) is 5.32 Å². The van der Waals surface area contributed by atoms with Crippen LogP contribution in [0.4, 0.5) is 5.82 Å². The van der Waals surface area contributed by atoms with E-state index in [0.29, 0.717) is 18.7 Å². The van der Waals surface area contributed by atoms with Crippen LogP contribution in [0, 0.1) is 6.92 Å². The predicted octanol–water partition coefficient (Wildman–Crippen LogP) is 2.68. The van der Waals surface area contributed by atoms with Gasteiger partial charge in [0.15, 0.2) is 0 Å². The zero-order chi connectivity index (χ0) is 15.0. The molecule has 0 spiro atoms. The number of benzene rings is 1. The fourth-order valence-electron chi connectivity index (χ4n) is 2.66. The average molecular weight is 280 g/mol. The summed E-state index contributed by atoms with van der Waals surface area (Å²) in [5.41, 5.74) is 5.20. The van der Waals surface area contributed by atoms with Crippen molar-refractivity contribution >= 4 is 17.5 Å². The molecule has 0 saturated heterocycles. The normalized spacial score (nSPS) is 13.1. The van der Waals surface area contributed by atoms with E-state index >= 15 is 0 Å². The fourth-order valence-corrected chi connectivity index (χ4v) is 2.66. The lowest BCUT2D eigenvalue weighted by molar-refractivity contribution is -0.117. The predicted molar refractivity (Wildman–Crippen MR) is 81.1 cm³/mol. The molecule has 0 radical (unpaired) electrons. The number of fused-ring (bicyclic) bond motifs is 1. The van der Waals surface area contributed by atoms with Gasteiger partial charge in [0.2, 0.25) is 5.91 Å². The standard InChI is InChI=1S/C17H16N2O2/c1-10-5-15(9-18-17(10)19-11(2)20)12-3-4-13-7-16(21)8-14(13)6-12/h3-6,9H,7-8H2,1-2H3,(H,18,19,20). The van der Waals surface area contributed by atoms with Gasteiger partial charge in [0.25, 0.3) is 0 Å². The molecular formula is C17H16N2O2. The van der Waals surface area contributed by atoms with Crippen LogP contribution in [0.3, 0.4) is 0 Å². The third-order valence-corrected chi connectivity index (χ3v) is 3.69. The van der Waals surface area contributed by atoms with Crippen LogP contribution < -0.4 is 5.32 Å². The maximum atomic E-state index is 11.5. The summed E-state index contributed by atoms with van der Waals surface area (Å²) in [5.74, 6) is 0.731. The number of pyridine rings is 1. The van der Waals surface area contributed by atoms with E-state index in [1.54, 1.807) is 6.20 Å². The van der Waals surface area contributed by atoms with E-state index in [2.05, 4.69) is 16.4 Å². The number of Topliss-reactive ketones (excluding diaryl/α,β-unsaturated/α-hetero) is 1. The Hall–Kier alpha value is -2.49. The van der Waals surface area contributed by atoms with Gasteiger partial charge in [0.1, 0.15) is 11.6 Å². The van der Waals surface area contributed by atoms with Crippen molar-refractivity contribution in [1.82, 2.24) is 4.98 Å². The first-order valence-electron chi connectivity index (χ1n) is 6.91. The molecule has 0 bridgehead atoms. The van der Waals surface area contributed by atoms with E-state index in [-0.39, 0.29) is 11.7 Å². The van der Waals surface area contributed by atoms with Gasteiger partial charge in [-0.15, -0.1) is 0 Å². The van der Waals surface area contributed by atoms with Crippen molar-refractivity contribution in [1.29, 1.82) is 0 Å². The second kappa shape index (κ2) is 5.13. The Labute approximate surface area is 123 Å². The highest BCUT2D eigenvalue weighted by molar-refractivity contribution is 5.89. The van der Waals surface area contributed by atoms with Crippen LogP contribution in [0.1, 0.15) is 23.6 Å². The lowest BCUT2D eigenvalue weighted by atomic mass is 10.0. The molecule has 0 unspecified atom stereocenters. The van der Waals surface area contributed by atoms with Gasteiger partial charge in [-0.2, -0.15) is 0 Å². The number of nitrogens with one attached hydrogen (secondary N) is 1. The van der Waals surface area contributed by atoms with Gasteiger partial charge in [-0.25, -0.2) is 4.98 Å². The summed E-state index contributed by atoms with van der Waals surface area (Å²) in [5, 5.41) is 2.70. The lowest BCUT2D eigenvalue weighted by Gasteiger charge is -2.09. The van der Waals surface area contributed by atoms with E-state index in [9.17, 15) is 9.59 Å². The largest absolute Gasteiger partial charge is 0.311 e. The Morgan fingerprint density at radius 1 is 1.14 bits per heavy atom. The van der Waals surface area contributed by atoms with E-state index in [1.165, 1.54) is 6.92 Å². The summed E-state index contributed by atoms with van der Waals surface area (Å²) in [6.07, 6.45) is 2.82. The molecule has 0 aliphatic heterocycles. The Morgan fingerprint density at radius 2 is 1.90 bits per heavy atom. The SMILES string of the molecule is CC(=O)Nc1ncc(-c2ccc3c(c2)CC(=O)C3)cc1C. The first-order valence-corrected chi connectivity index (χ1v) is 6.91. The van der Waals surface area contributed by atoms with Crippen molar-refractivity contribution in [3.8, 4) is 11.1 Å². The molecule has 2 aromatic rings. The summed E-state index contributed by atoms with van der Waals surface area (Å²) >= 11 is 0. The molecule has 0 atom stereocenters. The third-order valence-electron chi connectivity index (χ3n) is 3.69. The van der Waals surface area contributed by atoms with Crippen LogP contribution in [0.2, 0.25) is 0 Å². The first kappa shape index (κ1) is 13.5. The lowest BCUT2D eigenvalue weighted by Crippen LogP contribution is -2.08. The molecule has 0 fully saturated rings. The number of carbonyl (C=O) groups is 2. The number of carbonyl (C=O) groups excluding carboxylic acids is 2. The van der Waals surface area contributed by atoms with Gasteiger partial charge < -0.3 is 5.32 Å². The van der Waals surface area contributed by atoms with Crippen LogP contribution in [-0.4, -0.2) is 16.7 Å². The van der Waals surface area contributed by atoms with Gasteiger partial charge in [-0.05, 0) is 35.2 Å². The fraction of sp³-hybridized carbons (Fsp3) is 0.235. The van der Waals surface area contributed by atoms with Crippen molar-refractivity contribution in [3.05, 3.63) is 47.2 Å². The van der Waals surface area contributed by atoms with Crippen molar-refractivity contribution in [2.45, 2.75) is 26.7 Å². The van der Waals surface area contributed by atoms with Crippen LogP contribution in [-0.2, 0) is 22.4 Å². The number of anilines is 1. The smallest absolute Gasteiger partial charge is 0.222 e. The molecule has 1 aromatic heterocycles. The maximum absolute atomic E-state index is 11.5. The van der Waals surface area contributed by atoms with E-state index in [0.717, 1.165) is 27.8 Å². The molecule has 1 aromatic carbocycles. The molecule has 1 aliphatic rings. The number of aryl methyl sites for hydroxylation is 1. The number of ketones is 1. The Bertz CT molecular complexity index is 750. The van der Waals surface area contributed by atoms with E-state index < -0.39 is 0 Å². The molecule has 4 nitrogen and oxygen atoms in total. The highest BCUT2D eigenvalue weighted by atomic mass is 16.1. The third kappa shape index (κ3) is 2.70. The Morgan fingerprint density at radius 3 is 2.62 bits per heavy atom. The van der Waals surface area contributed by atoms with Crippen molar-refractivity contribution in [2.24, 2.45) is 0 Å². The van der Waals surface area contributed by atoms with Crippen LogP contribution in [0.15, 0.2) is 30.5 Å². The summed E-state index contributed by atoms with van der Waals surface area (Å²) < 4.78 is 0. The molecular weight excluding hydrogens is 264 g/mol. The topological polar surface area (TPSA) is 59.1 Å². The molecule has 1 heterocycles. The number of hydrogen-bond acceptors (Lipinski definition) is 3. The van der Waals surface area contributed by atoms with Gasteiger partial charge in [0.05, 0.1) is 0 Å². The number of aromatic nitrogens is 1. The summed E-state index contributed by atoms with van der Waals surface area (Å²) in [4.78, 5) is 26.9. The highest BCUT2D eigenvalue weighted by Crippen LogP contribution is 2.28. The number of amides is 1. The summed E-state index contributed by atoms with van der Waals surface area (Å²) in [7, 11) is 0. The quantitative estimate of drug-likeness (QED) is 0.920. The minimum absolute atomic E-state index is 0.130. The molecule has 1 N–H and O–H groups in total. The average Bonchev–Trinajstić information content (AvgIpc) is 2.79. The second-order valence-electron chi connectivity index (χ2n) is 5.45. The van der Waals surface area contributed by atoms with Gasteiger partial charge in [-0.1, -0.05) is 18.2 Å².